The largest absolute Gasteiger partial charge is 0.478 e. The molecule has 1 rings (SSSR count). The Morgan fingerprint density at radius 3 is 2.29 bits per heavy atom. The third kappa shape index (κ3) is 4.23. The van der Waals surface area contributed by atoms with Crippen molar-refractivity contribution < 1.29 is 19.7 Å². The molecule has 0 aliphatic heterocycles. The molecule has 0 aliphatic carbocycles. The van der Waals surface area contributed by atoms with Crippen LogP contribution in [0, 0.1) is 20.2 Å². The first-order valence-corrected chi connectivity index (χ1v) is 6.57. The molecular formula is C13H16N2O6. The van der Waals surface area contributed by atoms with Gasteiger partial charge in [-0.3, -0.25) is 20.2 Å². The summed E-state index contributed by atoms with van der Waals surface area (Å²) in [5, 5.41) is 30.9. The van der Waals surface area contributed by atoms with Gasteiger partial charge >= 0.3 is 5.97 Å². The van der Waals surface area contributed by atoms with Gasteiger partial charge in [0.2, 0.25) is 0 Å². The molecule has 8 heteroatoms. The number of benzene rings is 1. The van der Waals surface area contributed by atoms with Crippen LogP contribution in [0.4, 0.5) is 11.4 Å². The lowest BCUT2D eigenvalue weighted by atomic mass is 9.98. The van der Waals surface area contributed by atoms with Gasteiger partial charge in [0.05, 0.1) is 21.5 Å². The summed E-state index contributed by atoms with van der Waals surface area (Å²) in [5.41, 5.74) is -1.41. The van der Waals surface area contributed by atoms with Crippen molar-refractivity contribution in [2.45, 2.75) is 39.0 Å². The van der Waals surface area contributed by atoms with Gasteiger partial charge in [-0.1, -0.05) is 26.2 Å². The van der Waals surface area contributed by atoms with E-state index in [1.54, 1.807) is 0 Å². The number of hydrogen-bond acceptors (Lipinski definition) is 5. The minimum absolute atomic E-state index is 0.0502. The van der Waals surface area contributed by atoms with E-state index < -0.39 is 27.2 Å². The molecule has 0 bridgehead atoms. The Bertz CT molecular complexity index is 535. The van der Waals surface area contributed by atoms with Gasteiger partial charge in [-0.05, 0) is 12.8 Å². The average Bonchev–Trinajstić information content (AvgIpc) is 2.42. The van der Waals surface area contributed by atoms with Gasteiger partial charge in [-0.25, -0.2) is 4.79 Å². The topological polar surface area (TPSA) is 124 Å². The number of aromatic carboxylic acids is 1. The summed E-state index contributed by atoms with van der Waals surface area (Å²) < 4.78 is 0. The van der Waals surface area contributed by atoms with Crippen LogP contribution in [-0.2, 0) is 6.42 Å². The molecule has 0 radical (unpaired) electrons. The number of hydrogen-bond donors (Lipinski definition) is 1. The molecule has 0 fully saturated rings. The van der Waals surface area contributed by atoms with Gasteiger partial charge < -0.3 is 5.11 Å². The molecule has 0 amide bonds. The molecule has 0 saturated heterocycles. The first-order valence-electron chi connectivity index (χ1n) is 6.57. The highest BCUT2D eigenvalue weighted by molar-refractivity contribution is 5.91. The Kier molecular flexibility index (Phi) is 5.77. The van der Waals surface area contributed by atoms with Gasteiger partial charge in [-0.15, -0.1) is 0 Å². The van der Waals surface area contributed by atoms with Crippen LogP contribution < -0.4 is 0 Å². The smallest absolute Gasteiger partial charge is 0.336 e. The van der Waals surface area contributed by atoms with Crippen LogP contribution in [0.1, 0.15) is 48.5 Å². The number of nitro benzene ring substituents is 2. The molecular weight excluding hydrogens is 280 g/mol. The van der Waals surface area contributed by atoms with Gasteiger partial charge in [0, 0.05) is 11.6 Å². The van der Waals surface area contributed by atoms with Crippen molar-refractivity contribution in [3.8, 4) is 0 Å². The maximum atomic E-state index is 11.2. The Morgan fingerprint density at radius 1 is 1.14 bits per heavy atom. The Labute approximate surface area is 120 Å². The van der Waals surface area contributed by atoms with Crippen molar-refractivity contribution in [2.24, 2.45) is 0 Å². The summed E-state index contributed by atoms with van der Waals surface area (Å²) in [6, 6.07) is 1.70. The fourth-order valence-electron chi connectivity index (χ4n) is 2.09. The zero-order valence-electron chi connectivity index (χ0n) is 11.6. The SMILES string of the molecule is CCCCCCc1c(C(=O)O)cc([N+](=O)[O-])cc1[N+](=O)[O-]. The quantitative estimate of drug-likeness (QED) is 0.445. The van der Waals surface area contributed by atoms with Crippen molar-refractivity contribution in [1.82, 2.24) is 0 Å². The molecule has 0 saturated carbocycles. The van der Waals surface area contributed by atoms with Gasteiger partial charge in [0.1, 0.15) is 0 Å². The van der Waals surface area contributed by atoms with Crippen molar-refractivity contribution in [3.05, 3.63) is 43.5 Å². The van der Waals surface area contributed by atoms with Crippen molar-refractivity contribution >= 4 is 17.3 Å². The lowest BCUT2D eigenvalue weighted by Gasteiger charge is -2.07. The third-order valence-corrected chi connectivity index (χ3v) is 3.13. The Hall–Kier alpha value is -2.51. The number of carboxylic acids is 1. The van der Waals surface area contributed by atoms with Crippen LogP contribution in [0.15, 0.2) is 12.1 Å². The molecule has 21 heavy (non-hydrogen) atoms. The third-order valence-electron chi connectivity index (χ3n) is 3.13. The van der Waals surface area contributed by atoms with E-state index in [0.29, 0.717) is 6.42 Å². The number of carboxylic acid groups (broad SMARTS) is 1. The number of carbonyl (C=O) groups is 1. The molecule has 1 N–H and O–H groups in total. The molecule has 0 heterocycles. The van der Waals surface area contributed by atoms with Crippen LogP contribution in [0.3, 0.4) is 0 Å². The molecule has 0 aliphatic rings. The molecule has 1 aromatic rings. The van der Waals surface area contributed by atoms with Crippen molar-refractivity contribution in [3.63, 3.8) is 0 Å². The number of nitrogens with zero attached hydrogens (tertiary/aromatic N) is 2. The normalized spacial score (nSPS) is 10.3. The second-order valence-corrected chi connectivity index (χ2v) is 4.62. The number of unbranched alkanes of at least 4 members (excludes halogenated alkanes) is 3. The molecule has 1 aromatic carbocycles. The van der Waals surface area contributed by atoms with E-state index in [1.807, 2.05) is 6.92 Å². The molecule has 0 aromatic heterocycles. The Morgan fingerprint density at radius 2 is 1.81 bits per heavy atom. The Balaban J connectivity index is 3.26. The minimum atomic E-state index is -1.40. The van der Waals surface area contributed by atoms with E-state index >= 15 is 0 Å². The fourth-order valence-corrected chi connectivity index (χ4v) is 2.09. The highest BCUT2D eigenvalue weighted by Crippen LogP contribution is 2.30. The van der Waals surface area contributed by atoms with E-state index in [4.69, 9.17) is 5.11 Å². The number of non-ortho nitro benzene ring substituents is 1. The maximum Gasteiger partial charge on any atom is 0.336 e. The van der Waals surface area contributed by atoms with Crippen LogP contribution in [-0.4, -0.2) is 20.9 Å². The summed E-state index contributed by atoms with van der Waals surface area (Å²) in [7, 11) is 0. The monoisotopic (exact) mass is 296 g/mol. The molecule has 0 unspecified atom stereocenters. The molecule has 0 spiro atoms. The fraction of sp³-hybridized carbons (Fsp3) is 0.462. The average molecular weight is 296 g/mol. The van der Waals surface area contributed by atoms with E-state index in [1.165, 1.54) is 0 Å². The van der Waals surface area contributed by atoms with E-state index in [9.17, 15) is 25.0 Å². The van der Waals surface area contributed by atoms with Crippen molar-refractivity contribution in [1.29, 1.82) is 0 Å². The van der Waals surface area contributed by atoms with Gasteiger partial charge in [0.25, 0.3) is 11.4 Å². The first kappa shape index (κ1) is 16.5. The highest BCUT2D eigenvalue weighted by atomic mass is 16.6. The first-order chi connectivity index (χ1) is 9.88. The maximum absolute atomic E-state index is 11.2. The zero-order chi connectivity index (χ0) is 16.0. The lowest BCUT2D eigenvalue weighted by Crippen LogP contribution is -2.08. The van der Waals surface area contributed by atoms with Crippen LogP contribution in [0.5, 0.6) is 0 Å². The number of nitro groups is 2. The van der Waals surface area contributed by atoms with E-state index in [-0.39, 0.29) is 17.5 Å². The predicted octanol–water partition coefficient (Wildman–Crippen LogP) is 3.32. The second-order valence-electron chi connectivity index (χ2n) is 4.62. The van der Waals surface area contributed by atoms with Crippen LogP contribution >= 0.6 is 0 Å². The lowest BCUT2D eigenvalue weighted by molar-refractivity contribution is -0.394. The highest BCUT2D eigenvalue weighted by Gasteiger charge is 2.26. The van der Waals surface area contributed by atoms with Gasteiger partial charge in [0.15, 0.2) is 0 Å². The molecule has 0 atom stereocenters. The van der Waals surface area contributed by atoms with E-state index in [0.717, 1.165) is 31.4 Å². The summed E-state index contributed by atoms with van der Waals surface area (Å²) >= 11 is 0. The standard InChI is InChI=1S/C13H16N2O6/c1-2-3-4-5-6-10-11(13(16)17)7-9(14(18)19)8-12(10)15(20)21/h7-8H,2-6H2,1H3,(H,16,17). The molecule has 8 nitrogen and oxygen atoms in total. The summed E-state index contributed by atoms with van der Waals surface area (Å²) in [4.78, 5) is 31.4. The second kappa shape index (κ2) is 7.32. The zero-order valence-corrected chi connectivity index (χ0v) is 11.6. The van der Waals surface area contributed by atoms with Crippen LogP contribution in [0.25, 0.3) is 0 Å². The van der Waals surface area contributed by atoms with Crippen LogP contribution in [0.2, 0.25) is 0 Å². The predicted molar refractivity (Wildman–Crippen MR) is 74.6 cm³/mol. The van der Waals surface area contributed by atoms with Gasteiger partial charge in [-0.2, -0.15) is 0 Å². The summed E-state index contributed by atoms with van der Waals surface area (Å²) in [5.74, 6) is -1.40. The summed E-state index contributed by atoms with van der Waals surface area (Å²) in [6.07, 6.45) is 3.57. The number of rotatable bonds is 8. The minimum Gasteiger partial charge on any atom is -0.478 e. The summed E-state index contributed by atoms with van der Waals surface area (Å²) in [6.45, 7) is 2.01. The molecule has 114 valence electrons. The van der Waals surface area contributed by atoms with E-state index in [2.05, 4.69) is 0 Å². The van der Waals surface area contributed by atoms with Crippen molar-refractivity contribution in [2.75, 3.05) is 0 Å².